The Labute approximate surface area is 149 Å². The van der Waals surface area contributed by atoms with Gasteiger partial charge in [-0.2, -0.15) is 11.8 Å². The Morgan fingerprint density at radius 1 is 1.25 bits per heavy atom. The summed E-state index contributed by atoms with van der Waals surface area (Å²) in [5.41, 5.74) is 0. The summed E-state index contributed by atoms with van der Waals surface area (Å²) in [6.07, 6.45) is 3.55. The highest BCUT2D eigenvalue weighted by atomic mass is 32.2. The molecule has 1 heterocycles. The predicted molar refractivity (Wildman–Crippen MR) is 103 cm³/mol. The van der Waals surface area contributed by atoms with Gasteiger partial charge in [0.1, 0.15) is 11.5 Å². The lowest BCUT2D eigenvalue weighted by atomic mass is 10.2. The van der Waals surface area contributed by atoms with Crippen molar-refractivity contribution in [1.29, 1.82) is 0 Å². The standard InChI is InChI=1S/C18H29N3O2S/c1-3-19-18(21-14-17-6-4-13-24-17)20-11-5-12-23-16-9-7-15(22-2)8-10-16/h7-10,17H,3-6,11-14H2,1-2H3,(H2,19,20,21). The summed E-state index contributed by atoms with van der Waals surface area (Å²) in [7, 11) is 1.66. The monoisotopic (exact) mass is 351 g/mol. The smallest absolute Gasteiger partial charge is 0.191 e. The van der Waals surface area contributed by atoms with Crippen LogP contribution < -0.4 is 20.1 Å². The third-order valence-corrected chi connectivity index (χ3v) is 5.14. The Balaban J connectivity index is 1.63. The van der Waals surface area contributed by atoms with Crippen LogP contribution in [0.2, 0.25) is 0 Å². The van der Waals surface area contributed by atoms with Crippen molar-refractivity contribution in [3.8, 4) is 11.5 Å². The second-order valence-electron chi connectivity index (χ2n) is 5.66. The number of thioether (sulfide) groups is 1. The molecular formula is C18H29N3O2S. The zero-order valence-electron chi connectivity index (χ0n) is 14.7. The second-order valence-corrected chi connectivity index (χ2v) is 7.07. The van der Waals surface area contributed by atoms with Crippen LogP contribution in [0.4, 0.5) is 0 Å². The summed E-state index contributed by atoms with van der Waals surface area (Å²) in [5.74, 6) is 3.91. The van der Waals surface area contributed by atoms with Crippen molar-refractivity contribution in [3.63, 3.8) is 0 Å². The van der Waals surface area contributed by atoms with Crippen LogP contribution in [0.1, 0.15) is 26.2 Å². The van der Waals surface area contributed by atoms with Crippen molar-refractivity contribution in [1.82, 2.24) is 10.6 Å². The van der Waals surface area contributed by atoms with Crippen molar-refractivity contribution < 1.29 is 9.47 Å². The maximum atomic E-state index is 5.73. The SMILES string of the molecule is CCNC(=NCC1CCCS1)NCCCOc1ccc(OC)cc1. The predicted octanol–water partition coefficient (Wildman–Crippen LogP) is 2.91. The maximum absolute atomic E-state index is 5.73. The van der Waals surface area contributed by atoms with Gasteiger partial charge in [-0.25, -0.2) is 0 Å². The molecule has 0 radical (unpaired) electrons. The lowest BCUT2D eigenvalue weighted by molar-refractivity contribution is 0.310. The lowest BCUT2D eigenvalue weighted by Gasteiger charge is -2.13. The van der Waals surface area contributed by atoms with Crippen LogP contribution in [0.3, 0.4) is 0 Å². The van der Waals surface area contributed by atoms with Gasteiger partial charge in [-0.1, -0.05) is 0 Å². The number of nitrogens with zero attached hydrogens (tertiary/aromatic N) is 1. The molecule has 6 heteroatoms. The molecule has 134 valence electrons. The fraction of sp³-hybridized carbons (Fsp3) is 0.611. The fourth-order valence-corrected chi connectivity index (χ4v) is 3.64. The molecule has 5 nitrogen and oxygen atoms in total. The topological polar surface area (TPSA) is 54.9 Å². The number of benzene rings is 1. The van der Waals surface area contributed by atoms with Gasteiger partial charge in [-0.3, -0.25) is 4.99 Å². The molecule has 1 aliphatic heterocycles. The zero-order valence-corrected chi connectivity index (χ0v) is 15.5. The van der Waals surface area contributed by atoms with E-state index >= 15 is 0 Å². The first kappa shape index (κ1) is 18.8. The average molecular weight is 352 g/mol. The van der Waals surface area contributed by atoms with Gasteiger partial charge in [0.25, 0.3) is 0 Å². The number of hydrogen-bond donors (Lipinski definition) is 2. The van der Waals surface area contributed by atoms with E-state index in [9.17, 15) is 0 Å². The van der Waals surface area contributed by atoms with Gasteiger partial charge in [-0.15, -0.1) is 0 Å². The van der Waals surface area contributed by atoms with Crippen molar-refractivity contribution in [3.05, 3.63) is 24.3 Å². The molecule has 1 saturated heterocycles. The van der Waals surface area contributed by atoms with Gasteiger partial charge in [0.2, 0.25) is 0 Å². The molecule has 24 heavy (non-hydrogen) atoms. The van der Waals surface area contributed by atoms with E-state index in [1.807, 2.05) is 36.0 Å². The van der Waals surface area contributed by atoms with Crippen molar-refractivity contribution in [2.75, 3.05) is 39.1 Å². The highest BCUT2D eigenvalue weighted by molar-refractivity contribution is 8.00. The highest BCUT2D eigenvalue weighted by Crippen LogP contribution is 2.26. The van der Waals surface area contributed by atoms with Crippen LogP contribution in [-0.4, -0.2) is 50.3 Å². The van der Waals surface area contributed by atoms with Crippen LogP contribution in [0, 0.1) is 0 Å². The van der Waals surface area contributed by atoms with E-state index in [0.717, 1.165) is 43.5 Å². The number of aliphatic imine (C=N–C) groups is 1. The molecule has 0 aromatic heterocycles. The number of rotatable bonds is 9. The second kappa shape index (κ2) is 11.1. The number of hydrogen-bond acceptors (Lipinski definition) is 4. The average Bonchev–Trinajstić information content (AvgIpc) is 3.13. The van der Waals surface area contributed by atoms with Crippen molar-refractivity contribution in [2.45, 2.75) is 31.4 Å². The Morgan fingerprint density at radius 3 is 2.71 bits per heavy atom. The number of ether oxygens (including phenoxy) is 2. The van der Waals surface area contributed by atoms with Gasteiger partial charge in [-0.05, 0) is 56.2 Å². The van der Waals surface area contributed by atoms with Gasteiger partial charge in [0, 0.05) is 18.3 Å². The Morgan fingerprint density at radius 2 is 2.04 bits per heavy atom. The van der Waals surface area contributed by atoms with Gasteiger partial charge in [0.15, 0.2) is 5.96 Å². The molecular weight excluding hydrogens is 322 g/mol. The highest BCUT2D eigenvalue weighted by Gasteiger charge is 2.14. The fourth-order valence-electron chi connectivity index (χ4n) is 2.46. The molecule has 1 atom stereocenters. The van der Waals surface area contributed by atoms with E-state index in [4.69, 9.17) is 9.47 Å². The number of guanidine groups is 1. The molecule has 1 fully saturated rings. The molecule has 0 saturated carbocycles. The number of nitrogens with one attached hydrogen (secondary N) is 2. The summed E-state index contributed by atoms with van der Waals surface area (Å²) in [6, 6.07) is 7.67. The minimum absolute atomic E-state index is 0.678. The van der Waals surface area contributed by atoms with Crippen LogP contribution >= 0.6 is 11.8 Å². The van der Waals surface area contributed by atoms with Crippen LogP contribution in [0.15, 0.2) is 29.3 Å². The summed E-state index contributed by atoms with van der Waals surface area (Å²) in [5, 5.41) is 7.37. The quantitative estimate of drug-likeness (QED) is 0.407. The zero-order chi connectivity index (χ0) is 17.0. The van der Waals surface area contributed by atoms with Crippen molar-refractivity contribution >= 4 is 17.7 Å². The molecule has 2 N–H and O–H groups in total. The summed E-state index contributed by atoms with van der Waals surface area (Å²) < 4.78 is 10.9. The van der Waals surface area contributed by atoms with E-state index in [2.05, 4.69) is 22.5 Å². The minimum Gasteiger partial charge on any atom is -0.497 e. The van der Waals surface area contributed by atoms with Gasteiger partial charge < -0.3 is 20.1 Å². The first-order chi connectivity index (χ1) is 11.8. The number of methoxy groups -OCH3 is 1. The maximum Gasteiger partial charge on any atom is 0.191 e. The molecule has 1 aliphatic rings. The molecule has 0 spiro atoms. The molecule has 1 aromatic rings. The third kappa shape index (κ3) is 6.91. The third-order valence-electron chi connectivity index (χ3n) is 3.76. The van der Waals surface area contributed by atoms with E-state index in [1.54, 1.807) is 7.11 Å². The molecule has 0 aliphatic carbocycles. The van der Waals surface area contributed by atoms with Crippen LogP contribution in [0.25, 0.3) is 0 Å². The van der Waals surface area contributed by atoms with Crippen LogP contribution in [0.5, 0.6) is 11.5 Å². The molecule has 2 rings (SSSR count). The summed E-state index contributed by atoms with van der Waals surface area (Å²) in [6.45, 7) is 5.40. The minimum atomic E-state index is 0.678. The van der Waals surface area contributed by atoms with Gasteiger partial charge in [0.05, 0.1) is 20.3 Å². The summed E-state index contributed by atoms with van der Waals surface area (Å²) >= 11 is 2.04. The van der Waals surface area contributed by atoms with Gasteiger partial charge >= 0.3 is 0 Å². The van der Waals surface area contributed by atoms with E-state index in [-0.39, 0.29) is 0 Å². The first-order valence-electron chi connectivity index (χ1n) is 8.72. The first-order valence-corrected chi connectivity index (χ1v) is 9.77. The molecule has 0 amide bonds. The molecule has 1 aromatic carbocycles. The Bertz CT molecular complexity index is 488. The largest absolute Gasteiger partial charge is 0.497 e. The summed E-state index contributed by atoms with van der Waals surface area (Å²) in [4.78, 5) is 4.69. The lowest BCUT2D eigenvalue weighted by Crippen LogP contribution is -2.38. The normalized spacial score (nSPS) is 17.6. The van der Waals surface area contributed by atoms with Crippen molar-refractivity contribution in [2.24, 2.45) is 4.99 Å². The van der Waals surface area contributed by atoms with E-state index in [0.29, 0.717) is 11.9 Å². The molecule has 0 bridgehead atoms. The van der Waals surface area contributed by atoms with E-state index < -0.39 is 0 Å². The molecule has 1 unspecified atom stereocenters. The van der Waals surface area contributed by atoms with E-state index in [1.165, 1.54) is 18.6 Å². The Kier molecular flexibility index (Phi) is 8.66. The van der Waals surface area contributed by atoms with Crippen LogP contribution in [-0.2, 0) is 0 Å². The Hall–Kier alpha value is -1.56.